The number of amides is 1. The molecule has 2 N–H and O–H groups in total. The molecule has 0 aliphatic rings. The van der Waals surface area contributed by atoms with Gasteiger partial charge >= 0.3 is 5.97 Å². The summed E-state index contributed by atoms with van der Waals surface area (Å²) < 4.78 is 0. The maximum absolute atomic E-state index is 11.9. The molecule has 0 atom stereocenters. The highest BCUT2D eigenvalue weighted by Crippen LogP contribution is 2.10. The molecule has 0 fully saturated rings. The summed E-state index contributed by atoms with van der Waals surface area (Å²) in [5.74, 6) is -1.23. The Morgan fingerprint density at radius 2 is 1.90 bits per heavy atom. The summed E-state index contributed by atoms with van der Waals surface area (Å²) in [7, 11) is 0. The Labute approximate surface area is 124 Å². The Balaban J connectivity index is 2.59. The van der Waals surface area contributed by atoms with Crippen LogP contribution in [-0.2, 0) is 16.0 Å². The summed E-state index contributed by atoms with van der Waals surface area (Å²) >= 11 is 0. The SMILES string of the molecule is CC(C)N(CC(=O)O)CC(=O)Nc1ccc(CC#N)cc1. The summed E-state index contributed by atoms with van der Waals surface area (Å²) in [4.78, 5) is 24.2. The highest BCUT2D eigenvalue weighted by atomic mass is 16.4. The minimum absolute atomic E-state index is 0.0178. The molecular formula is C15H19N3O3. The molecule has 1 rings (SSSR count). The summed E-state index contributed by atoms with van der Waals surface area (Å²) in [5, 5.41) is 20.1. The number of benzene rings is 1. The van der Waals surface area contributed by atoms with E-state index >= 15 is 0 Å². The fraction of sp³-hybridized carbons (Fsp3) is 0.400. The van der Waals surface area contributed by atoms with Gasteiger partial charge in [-0.3, -0.25) is 14.5 Å². The highest BCUT2D eigenvalue weighted by Gasteiger charge is 2.16. The molecule has 1 aromatic carbocycles. The Morgan fingerprint density at radius 1 is 1.29 bits per heavy atom. The zero-order chi connectivity index (χ0) is 15.8. The van der Waals surface area contributed by atoms with E-state index in [0.29, 0.717) is 12.1 Å². The molecule has 1 aromatic rings. The van der Waals surface area contributed by atoms with E-state index in [-0.39, 0.29) is 25.0 Å². The molecule has 6 heteroatoms. The molecule has 0 unspecified atom stereocenters. The Hall–Kier alpha value is -2.39. The molecule has 0 spiro atoms. The van der Waals surface area contributed by atoms with E-state index in [4.69, 9.17) is 10.4 Å². The maximum atomic E-state index is 11.9. The molecule has 0 saturated heterocycles. The van der Waals surface area contributed by atoms with Crippen molar-refractivity contribution >= 4 is 17.6 Å². The zero-order valence-corrected chi connectivity index (χ0v) is 12.2. The molecule has 0 saturated carbocycles. The lowest BCUT2D eigenvalue weighted by atomic mass is 10.1. The van der Waals surface area contributed by atoms with Crippen molar-refractivity contribution in [3.63, 3.8) is 0 Å². The van der Waals surface area contributed by atoms with Crippen molar-refractivity contribution < 1.29 is 14.7 Å². The van der Waals surface area contributed by atoms with Gasteiger partial charge in [-0.05, 0) is 31.5 Å². The van der Waals surface area contributed by atoms with E-state index in [9.17, 15) is 9.59 Å². The number of nitrogens with zero attached hydrogens (tertiary/aromatic N) is 2. The smallest absolute Gasteiger partial charge is 0.317 e. The lowest BCUT2D eigenvalue weighted by Gasteiger charge is -2.23. The normalized spacial score (nSPS) is 10.4. The van der Waals surface area contributed by atoms with Crippen LogP contribution in [0.25, 0.3) is 0 Å². The van der Waals surface area contributed by atoms with Crippen LogP contribution in [0.4, 0.5) is 5.69 Å². The lowest BCUT2D eigenvalue weighted by molar-refractivity contribution is -0.139. The number of carboxylic acids is 1. The van der Waals surface area contributed by atoms with Crippen LogP contribution in [-0.4, -0.2) is 41.0 Å². The molecule has 1 amide bonds. The molecule has 0 aromatic heterocycles. The molecule has 0 heterocycles. The topological polar surface area (TPSA) is 93.4 Å². The molecular weight excluding hydrogens is 270 g/mol. The average molecular weight is 289 g/mol. The van der Waals surface area contributed by atoms with E-state index in [1.807, 2.05) is 13.8 Å². The van der Waals surface area contributed by atoms with Crippen molar-refractivity contribution in [3.8, 4) is 6.07 Å². The van der Waals surface area contributed by atoms with Crippen molar-refractivity contribution in [2.24, 2.45) is 0 Å². The number of carboxylic acid groups (broad SMARTS) is 1. The summed E-state index contributed by atoms with van der Waals surface area (Å²) in [6, 6.07) is 9.01. The summed E-state index contributed by atoms with van der Waals surface area (Å²) in [6.07, 6.45) is 0.327. The lowest BCUT2D eigenvalue weighted by Crippen LogP contribution is -2.41. The molecule has 0 aliphatic carbocycles. The number of hydrogen-bond acceptors (Lipinski definition) is 4. The van der Waals surface area contributed by atoms with Crippen LogP contribution in [0.2, 0.25) is 0 Å². The van der Waals surface area contributed by atoms with Crippen LogP contribution < -0.4 is 5.32 Å². The zero-order valence-electron chi connectivity index (χ0n) is 12.2. The number of nitriles is 1. The van der Waals surface area contributed by atoms with Crippen molar-refractivity contribution in [1.29, 1.82) is 5.26 Å². The second-order valence-corrected chi connectivity index (χ2v) is 4.97. The van der Waals surface area contributed by atoms with Crippen LogP contribution in [0, 0.1) is 11.3 Å². The fourth-order valence-electron chi connectivity index (χ4n) is 1.78. The van der Waals surface area contributed by atoms with Crippen LogP contribution in [0.15, 0.2) is 24.3 Å². The molecule has 0 bridgehead atoms. The fourth-order valence-corrected chi connectivity index (χ4v) is 1.78. The Kier molecular flexibility index (Phi) is 6.37. The Bertz CT molecular complexity index is 532. The maximum Gasteiger partial charge on any atom is 0.317 e. The van der Waals surface area contributed by atoms with Crippen molar-refractivity contribution in [2.75, 3.05) is 18.4 Å². The van der Waals surface area contributed by atoms with E-state index < -0.39 is 5.97 Å². The third-order valence-corrected chi connectivity index (χ3v) is 2.94. The van der Waals surface area contributed by atoms with E-state index in [0.717, 1.165) is 5.56 Å². The van der Waals surface area contributed by atoms with E-state index in [1.165, 1.54) is 0 Å². The van der Waals surface area contributed by atoms with Gasteiger partial charge in [-0.1, -0.05) is 12.1 Å². The first-order valence-electron chi connectivity index (χ1n) is 6.64. The summed E-state index contributed by atoms with van der Waals surface area (Å²) in [6.45, 7) is 3.52. The second kappa shape index (κ2) is 8.02. The standard InChI is InChI=1S/C15H19N3O3/c1-11(2)18(10-15(20)21)9-14(19)17-13-5-3-12(4-6-13)7-8-16/h3-6,11H,7,9-10H2,1-2H3,(H,17,19)(H,20,21). The largest absolute Gasteiger partial charge is 0.480 e. The first-order valence-corrected chi connectivity index (χ1v) is 6.64. The number of anilines is 1. The third-order valence-electron chi connectivity index (χ3n) is 2.94. The van der Waals surface area contributed by atoms with Gasteiger partial charge in [0.25, 0.3) is 0 Å². The van der Waals surface area contributed by atoms with Crippen LogP contribution in [0.3, 0.4) is 0 Å². The molecule has 0 radical (unpaired) electrons. The van der Waals surface area contributed by atoms with Gasteiger partial charge in [-0.2, -0.15) is 5.26 Å². The average Bonchev–Trinajstić information content (AvgIpc) is 2.40. The minimum atomic E-state index is -0.961. The van der Waals surface area contributed by atoms with Gasteiger partial charge in [-0.15, -0.1) is 0 Å². The van der Waals surface area contributed by atoms with Gasteiger partial charge in [0.05, 0.1) is 25.6 Å². The first kappa shape index (κ1) is 16.7. The predicted molar refractivity (Wildman–Crippen MR) is 78.7 cm³/mol. The van der Waals surface area contributed by atoms with Gasteiger partial charge in [-0.25, -0.2) is 0 Å². The van der Waals surface area contributed by atoms with Gasteiger partial charge in [0.1, 0.15) is 0 Å². The van der Waals surface area contributed by atoms with Crippen molar-refractivity contribution in [3.05, 3.63) is 29.8 Å². The molecule has 0 aliphatic heterocycles. The monoisotopic (exact) mass is 289 g/mol. The highest BCUT2D eigenvalue weighted by molar-refractivity contribution is 5.92. The molecule has 6 nitrogen and oxygen atoms in total. The van der Waals surface area contributed by atoms with Gasteiger partial charge in [0.2, 0.25) is 5.91 Å². The number of carbonyl (C=O) groups is 2. The van der Waals surface area contributed by atoms with Gasteiger partial charge in [0.15, 0.2) is 0 Å². The van der Waals surface area contributed by atoms with Gasteiger partial charge < -0.3 is 10.4 Å². The van der Waals surface area contributed by atoms with Crippen LogP contribution in [0.1, 0.15) is 19.4 Å². The number of hydrogen-bond donors (Lipinski definition) is 2. The van der Waals surface area contributed by atoms with Crippen LogP contribution >= 0.6 is 0 Å². The van der Waals surface area contributed by atoms with E-state index in [1.54, 1.807) is 29.2 Å². The second-order valence-electron chi connectivity index (χ2n) is 4.97. The van der Waals surface area contributed by atoms with Crippen molar-refractivity contribution in [2.45, 2.75) is 26.3 Å². The van der Waals surface area contributed by atoms with Gasteiger partial charge in [0, 0.05) is 11.7 Å². The molecule has 112 valence electrons. The number of rotatable bonds is 7. The Morgan fingerprint density at radius 3 is 2.38 bits per heavy atom. The number of nitrogens with one attached hydrogen (secondary N) is 1. The van der Waals surface area contributed by atoms with E-state index in [2.05, 4.69) is 11.4 Å². The first-order chi connectivity index (χ1) is 9.92. The number of aliphatic carboxylic acids is 1. The predicted octanol–water partition coefficient (Wildman–Crippen LogP) is 1.49. The molecule has 21 heavy (non-hydrogen) atoms. The quantitative estimate of drug-likeness (QED) is 0.793. The summed E-state index contributed by atoms with van der Waals surface area (Å²) in [5.41, 5.74) is 1.51. The minimum Gasteiger partial charge on any atom is -0.480 e. The van der Waals surface area contributed by atoms with Crippen molar-refractivity contribution in [1.82, 2.24) is 4.90 Å². The third kappa shape index (κ3) is 6.06. The van der Waals surface area contributed by atoms with Crippen LogP contribution in [0.5, 0.6) is 0 Å². The number of carbonyl (C=O) groups excluding carboxylic acids is 1.